The van der Waals surface area contributed by atoms with E-state index in [0.717, 1.165) is 12.8 Å². The van der Waals surface area contributed by atoms with Gasteiger partial charge in [-0.1, -0.05) is 0 Å². The molecule has 2 fully saturated rings. The highest BCUT2D eigenvalue weighted by Gasteiger charge is 2.47. The summed E-state index contributed by atoms with van der Waals surface area (Å²) in [7, 11) is -3.39. The number of alkyl halides is 1. The van der Waals surface area contributed by atoms with Crippen LogP contribution < -0.4 is 5.43 Å². The maximum absolute atomic E-state index is 13.1. The molecular weight excluding hydrogens is 297 g/mol. The second-order valence-corrected chi connectivity index (χ2v) is 8.84. The number of carbonyl (C=O) groups excluding carboxylic acids is 1. The van der Waals surface area contributed by atoms with Gasteiger partial charge in [0.1, 0.15) is 31.1 Å². The topological polar surface area (TPSA) is 66.5 Å². The maximum Gasteiger partial charge on any atom is 0.317 e. The minimum Gasteiger partial charge on any atom is -0.338 e. The first kappa shape index (κ1) is 16.6. The Labute approximate surface area is 125 Å². The molecule has 21 heavy (non-hydrogen) atoms. The zero-order valence-corrected chi connectivity index (χ0v) is 13.5. The van der Waals surface area contributed by atoms with Gasteiger partial charge in [-0.2, -0.15) is 8.42 Å². The summed E-state index contributed by atoms with van der Waals surface area (Å²) in [5, 5.41) is -0.500. The number of rotatable bonds is 5. The van der Waals surface area contributed by atoms with E-state index in [1.165, 1.54) is 4.90 Å². The summed E-state index contributed by atoms with van der Waals surface area (Å²) in [5.41, 5.74) is 2.94. The third-order valence-corrected chi connectivity index (χ3v) is 7.03. The van der Waals surface area contributed by atoms with Crippen molar-refractivity contribution in [3.05, 3.63) is 0 Å². The minimum atomic E-state index is -3.39. The lowest BCUT2D eigenvalue weighted by atomic mass is 10.3. The molecule has 1 amide bonds. The van der Waals surface area contributed by atoms with E-state index < -0.39 is 21.4 Å². The number of likely N-dealkylation sites (tertiary alicyclic amines) is 1. The summed E-state index contributed by atoms with van der Waals surface area (Å²) in [6.07, 6.45) is 1.06. The molecule has 0 spiro atoms. The van der Waals surface area contributed by atoms with Gasteiger partial charge in [0.05, 0.1) is 6.54 Å². The van der Waals surface area contributed by atoms with E-state index in [0.29, 0.717) is 26.1 Å². The van der Waals surface area contributed by atoms with Crippen molar-refractivity contribution in [2.75, 3.05) is 32.7 Å². The molecule has 122 valence electrons. The summed E-state index contributed by atoms with van der Waals surface area (Å²) in [5.74, 6) is -0.224. The van der Waals surface area contributed by atoms with Crippen LogP contribution in [-0.4, -0.2) is 67.4 Å². The standard InChI is InChI=1S/C13H25FN3O3S/c1-11(2)21(19,20)17(7-3-4-8-17)15-9-13(18)16-6-5-12(14)10-16/h11-12,15H,3-10H2,1-2H3/q+1. The SMILES string of the molecule is CC(C)S(=O)(=O)[N+]1(NCC(=O)N2CCC(F)C2)CCCC1. The lowest BCUT2D eigenvalue weighted by molar-refractivity contribution is -0.839. The Morgan fingerprint density at radius 2 is 2.00 bits per heavy atom. The van der Waals surface area contributed by atoms with Crippen LogP contribution in [0.1, 0.15) is 33.1 Å². The van der Waals surface area contributed by atoms with Gasteiger partial charge in [-0.15, -0.1) is 9.42 Å². The molecule has 2 aliphatic heterocycles. The van der Waals surface area contributed by atoms with Crippen LogP contribution in [0.15, 0.2) is 0 Å². The number of nitrogens with zero attached hydrogens (tertiary/aromatic N) is 2. The van der Waals surface area contributed by atoms with Crippen molar-refractivity contribution in [3.63, 3.8) is 0 Å². The van der Waals surface area contributed by atoms with E-state index >= 15 is 0 Å². The van der Waals surface area contributed by atoms with E-state index in [-0.39, 0.29) is 23.0 Å². The Hall–Kier alpha value is -0.730. The van der Waals surface area contributed by atoms with Gasteiger partial charge in [0.15, 0.2) is 0 Å². The lowest BCUT2D eigenvalue weighted by Gasteiger charge is -2.33. The van der Waals surface area contributed by atoms with Gasteiger partial charge in [-0.3, -0.25) is 4.79 Å². The first-order chi connectivity index (χ1) is 9.78. The van der Waals surface area contributed by atoms with Gasteiger partial charge in [0.2, 0.25) is 5.91 Å². The van der Waals surface area contributed by atoms with E-state index in [2.05, 4.69) is 5.43 Å². The third-order valence-electron chi connectivity index (χ3n) is 4.37. The molecule has 0 aliphatic carbocycles. The van der Waals surface area contributed by atoms with E-state index in [4.69, 9.17) is 0 Å². The number of quaternary nitrogens is 1. The summed E-state index contributed by atoms with van der Waals surface area (Å²) >= 11 is 0. The number of hydrogen-bond acceptors (Lipinski definition) is 4. The van der Waals surface area contributed by atoms with Crippen LogP contribution in [0, 0.1) is 0 Å². The molecule has 2 saturated heterocycles. The first-order valence-electron chi connectivity index (χ1n) is 7.56. The van der Waals surface area contributed by atoms with E-state index in [1.54, 1.807) is 13.8 Å². The molecule has 0 aromatic carbocycles. The van der Waals surface area contributed by atoms with Gasteiger partial charge in [-0.25, -0.2) is 4.39 Å². The van der Waals surface area contributed by atoms with Crippen LogP contribution in [0.4, 0.5) is 4.39 Å². The molecule has 0 aromatic heterocycles. The number of sulfonamides is 1. The van der Waals surface area contributed by atoms with Crippen molar-refractivity contribution in [1.82, 2.24) is 10.3 Å². The average Bonchev–Trinajstić information content (AvgIpc) is 3.05. The fraction of sp³-hybridized carbons (Fsp3) is 0.923. The van der Waals surface area contributed by atoms with Crippen LogP contribution >= 0.6 is 0 Å². The van der Waals surface area contributed by atoms with Gasteiger partial charge in [0.25, 0.3) is 0 Å². The zero-order valence-electron chi connectivity index (χ0n) is 12.7. The summed E-state index contributed by atoms with van der Waals surface area (Å²) in [4.78, 5) is 13.5. The van der Waals surface area contributed by atoms with E-state index in [9.17, 15) is 17.6 Å². The van der Waals surface area contributed by atoms with Crippen molar-refractivity contribution in [1.29, 1.82) is 0 Å². The molecule has 2 rings (SSSR count). The Morgan fingerprint density at radius 1 is 1.38 bits per heavy atom. The molecule has 0 saturated carbocycles. The Bertz CT molecular complexity index is 489. The van der Waals surface area contributed by atoms with Gasteiger partial charge < -0.3 is 4.90 Å². The number of hydrogen-bond donors (Lipinski definition) is 1. The molecule has 6 nitrogen and oxygen atoms in total. The molecule has 1 atom stereocenters. The molecule has 1 unspecified atom stereocenters. The van der Waals surface area contributed by atoms with Gasteiger partial charge >= 0.3 is 10.0 Å². The van der Waals surface area contributed by atoms with E-state index in [1.807, 2.05) is 0 Å². The number of carbonyl (C=O) groups is 1. The van der Waals surface area contributed by atoms with Crippen molar-refractivity contribution in [2.24, 2.45) is 0 Å². The normalized spacial score (nSPS) is 25.7. The first-order valence-corrected chi connectivity index (χ1v) is 9.07. The van der Waals surface area contributed by atoms with Crippen molar-refractivity contribution < 1.29 is 21.6 Å². The fourth-order valence-electron chi connectivity index (χ4n) is 3.02. The number of halogens is 1. The van der Waals surface area contributed by atoms with Crippen LogP contribution in [0.25, 0.3) is 0 Å². The minimum absolute atomic E-state index is 0.0569. The van der Waals surface area contributed by atoms with Crippen LogP contribution in [-0.2, 0) is 14.8 Å². The quantitative estimate of drug-likeness (QED) is 0.745. The summed E-state index contributed by atoms with van der Waals surface area (Å²) < 4.78 is 38.0. The molecule has 8 heteroatoms. The predicted octanol–water partition coefficient (Wildman–Crippen LogP) is 0.410. The molecule has 1 N–H and O–H groups in total. The van der Waals surface area contributed by atoms with Crippen LogP contribution in [0.5, 0.6) is 0 Å². The molecular formula is C13H25FN3O3S+. The fourth-order valence-corrected chi connectivity index (χ4v) is 4.84. The smallest absolute Gasteiger partial charge is 0.317 e. The molecule has 2 heterocycles. The third kappa shape index (κ3) is 3.22. The summed E-state index contributed by atoms with van der Waals surface area (Å²) in [6.45, 7) is 4.77. The number of nitrogens with one attached hydrogen (secondary N) is 1. The van der Waals surface area contributed by atoms with Crippen LogP contribution in [0.2, 0.25) is 0 Å². The highest BCUT2D eigenvalue weighted by molar-refractivity contribution is 7.86. The Kier molecular flexibility index (Phi) is 4.89. The maximum atomic E-state index is 13.1. The Morgan fingerprint density at radius 3 is 2.48 bits per heavy atom. The monoisotopic (exact) mass is 322 g/mol. The summed E-state index contributed by atoms with van der Waals surface area (Å²) in [6, 6.07) is 0. The largest absolute Gasteiger partial charge is 0.338 e. The van der Waals surface area contributed by atoms with Gasteiger partial charge in [-0.05, 0) is 20.3 Å². The molecule has 2 aliphatic rings. The lowest BCUT2D eigenvalue weighted by Crippen LogP contribution is -2.63. The van der Waals surface area contributed by atoms with Crippen LogP contribution in [0.3, 0.4) is 0 Å². The highest BCUT2D eigenvalue weighted by atomic mass is 32.2. The highest BCUT2D eigenvalue weighted by Crippen LogP contribution is 2.25. The number of amides is 1. The van der Waals surface area contributed by atoms with Crippen molar-refractivity contribution >= 4 is 15.9 Å². The molecule has 0 radical (unpaired) electrons. The molecule has 0 aromatic rings. The van der Waals surface area contributed by atoms with Gasteiger partial charge in [0, 0.05) is 19.4 Å². The second kappa shape index (κ2) is 6.18. The van der Waals surface area contributed by atoms with Crippen molar-refractivity contribution in [3.8, 4) is 0 Å². The van der Waals surface area contributed by atoms with Crippen molar-refractivity contribution in [2.45, 2.75) is 44.5 Å². The zero-order chi connectivity index (χ0) is 15.7. The molecule has 0 bridgehead atoms. The second-order valence-electron chi connectivity index (χ2n) is 6.17. The Balaban J connectivity index is 2.03. The average molecular weight is 322 g/mol. The predicted molar refractivity (Wildman–Crippen MR) is 77.4 cm³/mol.